The fourth-order valence-corrected chi connectivity index (χ4v) is 4.12. The third-order valence-electron chi connectivity index (χ3n) is 5.62. The molecule has 33 heavy (non-hydrogen) atoms. The number of rotatable bonds is 9. The number of nitrogens with one attached hydrogen (secondary N) is 2. The number of nitrogens with two attached hydrogens (primary N) is 1. The van der Waals surface area contributed by atoms with Gasteiger partial charge in [0.1, 0.15) is 11.4 Å². The number of para-hydroxylation sites is 1. The minimum Gasteiger partial charge on any atom is -0.405 e. The molecule has 0 atom stereocenters. The summed E-state index contributed by atoms with van der Waals surface area (Å²) in [4.78, 5) is 19.2. The van der Waals surface area contributed by atoms with E-state index in [-0.39, 0.29) is 46.9 Å². The smallest absolute Gasteiger partial charge is 0.405 e. The van der Waals surface area contributed by atoms with E-state index in [0.717, 1.165) is 32.2 Å². The van der Waals surface area contributed by atoms with Crippen LogP contribution in [0, 0.1) is 16.0 Å². The quantitative estimate of drug-likeness (QED) is 0.369. The molecule has 12 heteroatoms. The van der Waals surface area contributed by atoms with E-state index in [2.05, 4.69) is 32.3 Å². The average molecular weight is 468 g/mol. The Balaban J connectivity index is 1.75. The number of benzene rings is 1. The molecule has 0 aliphatic heterocycles. The van der Waals surface area contributed by atoms with E-state index in [1.54, 1.807) is 6.07 Å². The molecule has 1 saturated carbocycles. The van der Waals surface area contributed by atoms with Crippen molar-refractivity contribution in [2.24, 2.45) is 5.92 Å². The Kier molecular flexibility index (Phi) is 7.90. The van der Waals surface area contributed by atoms with E-state index >= 15 is 0 Å². The van der Waals surface area contributed by atoms with Gasteiger partial charge in [-0.15, -0.1) is 13.2 Å². The van der Waals surface area contributed by atoms with Crippen LogP contribution >= 0.6 is 0 Å². The molecule has 0 spiro atoms. The van der Waals surface area contributed by atoms with Gasteiger partial charge in [-0.2, -0.15) is 4.98 Å². The zero-order valence-corrected chi connectivity index (χ0v) is 18.2. The second kappa shape index (κ2) is 10.6. The second-order valence-corrected chi connectivity index (χ2v) is 7.97. The maximum Gasteiger partial charge on any atom is 0.573 e. The number of halogens is 3. The van der Waals surface area contributed by atoms with E-state index < -0.39 is 11.3 Å². The highest BCUT2D eigenvalue weighted by molar-refractivity contribution is 5.58. The average Bonchev–Trinajstić information content (AvgIpc) is 2.73. The lowest BCUT2D eigenvalue weighted by molar-refractivity contribution is -0.385. The molecule has 0 saturated heterocycles. The molecule has 1 fully saturated rings. The number of anilines is 2. The van der Waals surface area contributed by atoms with Crippen molar-refractivity contribution in [3.05, 3.63) is 45.6 Å². The van der Waals surface area contributed by atoms with Crippen molar-refractivity contribution in [1.82, 2.24) is 15.3 Å². The van der Waals surface area contributed by atoms with Gasteiger partial charge in [-0.25, -0.2) is 4.98 Å². The molecule has 2 aromatic rings. The number of nitrogen functional groups attached to an aromatic ring is 1. The zero-order valence-electron chi connectivity index (χ0n) is 18.2. The first-order valence-electron chi connectivity index (χ1n) is 10.8. The molecule has 0 amide bonds. The summed E-state index contributed by atoms with van der Waals surface area (Å²) in [6.45, 7) is 2.87. The van der Waals surface area contributed by atoms with Gasteiger partial charge in [0.15, 0.2) is 0 Å². The summed E-state index contributed by atoms with van der Waals surface area (Å²) in [6, 6.07) is 6.11. The Labute approximate surface area is 189 Å². The Morgan fingerprint density at radius 3 is 2.55 bits per heavy atom. The van der Waals surface area contributed by atoms with Crippen LogP contribution in [-0.2, 0) is 13.0 Å². The standard InChI is InChI=1S/C21H27F3N6O3/c1-2-26-15-9-7-13(8-10-15)11-16-18(30(31)32)19(25)29-20(28-16)27-12-14-5-3-4-6-17(14)33-21(22,23)24/h3-6,13,15,26H,2,7-12H2,1H3,(H3,25,27,28,29)/t13-,15-. The Morgan fingerprint density at radius 2 is 1.91 bits per heavy atom. The van der Waals surface area contributed by atoms with E-state index in [9.17, 15) is 23.3 Å². The third kappa shape index (κ3) is 6.91. The van der Waals surface area contributed by atoms with Crippen molar-refractivity contribution >= 4 is 17.5 Å². The molecular weight excluding hydrogens is 441 g/mol. The Morgan fingerprint density at radius 1 is 1.21 bits per heavy atom. The summed E-state index contributed by atoms with van der Waals surface area (Å²) in [7, 11) is 0. The highest BCUT2D eigenvalue weighted by Crippen LogP contribution is 2.33. The molecule has 1 aliphatic rings. The number of nitro groups is 1. The first-order chi connectivity index (χ1) is 15.7. The molecule has 180 valence electrons. The number of aromatic nitrogens is 2. The number of alkyl halides is 3. The van der Waals surface area contributed by atoms with Gasteiger partial charge in [0.2, 0.25) is 11.8 Å². The van der Waals surface area contributed by atoms with Gasteiger partial charge in [-0.1, -0.05) is 25.1 Å². The van der Waals surface area contributed by atoms with Gasteiger partial charge in [0.05, 0.1) is 4.92 Å². The van der Waals surface area contributed by atoms with Crippen LogP contribution in [0.4, 0.5) is 30.6 Å². The fourth-order valence-electron chi connectivity index (χ4n) is 4.12. The summed E-state index contributed by atoms with van der Waals surface area (Å²) in [5, 5.41) is 17.8. The van der Waals surface area contributed by atoms with Gasteiger partial charge >= 0.3 is 12.0 Å². The predicted octanol–water partition coefficient (Wildman–Crippen LogP) is 4.19. The van der Waals surface area contributed by atoms with Crippen LogP contribution in [0.2, 0.25) is 0 Å². The van der Waals surface area contributed by atoms with E-state index in [0.29, 0.717) is 12.5 Å². The monoisotopic (exact) mass is 468 g/mol. The van der Waals surface area contributed by atoms with E-state index in [4.69, 9.17) is 5.73 Å². The molecule has 9 nitrogen and oxygen atoms in total. The van der Waals surface area contributed by atoms with Gasteiger partial charge in [0, 0.05) is 18.2 Å². The van der Waals surface area contributed by atoms with Gasteiger partial charge in [0.25, 0.3) is 0 Å². The van der Waals surface area contributed by atoms with Crippen LogP contribution in [0.25, 0.3) is 0 Å². The summed E-state index contributed by atoms with van der Waals surface area (Å²) in [5.41, 5.74) is 5.98. The molecule has 1 heterocycles. The highest BCUT2D eigenvalue weighted by Gasteiger charge is 2.32. The summed E-state index contributed by atoms with van der Waals surface area (Å²) in [6.07, 6.45) is -0.678. The molecule has 0 radical (unpaired) electrons. The predicted molar refractivity (Wildman–Crippen MR) is 117 cm³/mol. The van der Waals surface area contributed by atoms with Gasteiger partial charge in [-0.05, 0) is 50.6 Å². The first-order valence-corrected chi connectivity index (χ1v) is 10.8. The summed E-state index contributed by atoms with van der Waals surface area (Å²) >= 11 is 0. The van der Waals surface area contributed by atoms with Crippen LogP contribution in [0.15, 0.2) is 24.3 Å². The van der Waals surface area contributed by atoms with Gasteiger partial charge in [-0.3, -0.25) is 10.1 Å². The molecule has 1 aliphatic carbocycles. The van der Waals surface area contributed by atoms with E-state index in [1.165, 1.54) is 18.2 Å². The topological polar surface area (TPSA) is 128 Å². The van der Waals surface area contributed by atoms with Crippen molar-refractivity contribution in [2.45, 2.75) is 58.0 Å². The van der Waals surface area contributed by atoms with Crippen LogP contribution in [0.3, 0.4) is 0 Å². The van der Waals surface area contributed by atoms with Crippen LogP contribution < -0.4 is 21.1 Å². The van der Waals surface area contributed by atoms with E-state index in [1.807, 2.05) is 0 Å². The molecule has 0 unspecified atom stereocenters. The number of hydrogen-bond donors (Lipinski definition) is 3. The lowest BCUT2D eigenvalue weighted by Gasteiger charge is -2.28. The van der Waals surface area contributed by atoms with Crippen molar-refractivity contribution < 1.29 is 22.8 Å². The second-order valence-electron chi connectivity index (χ2n) is 7.97. The minimum atomic E-state index is -4.83. The number of ether oxygens (including phenoxy) is 1. The molecule has 1 aromatic carbocycles. The first kappa shape index (κ1) is 24.5. The highest BCUT2D eigenvalue weighted by atomic mass is 19.4. The number of hydrogen-bond acceptors (Lipinski definition) is 8. The third-order valence-corrected chi connectivity index (χ3v) is 5.62. The van der Waals surface area contributed by atoms with Gasteiger partial charge < -0.3 is 21.1 Å². The molecular formula is C21H27F3N6O3. The lowest BCUT2D eigenvalue weighted by Crippen LogP contribution is -2.33. The number of nitrogens with zero attached hydrogens (tertiary/aromatic N) is 3. The molecule has 1 aromatic heterocycles. The largest absolute Gasteiger partial charge is 0.573 e. The molecule has 0 bridgehead atoms. The zero-order chi connectivity index (χ0) is 24.0. The lowest BCUT2D eigenvalue weighted by atomic mass is 9.83. The maximum atomic E-state index is 12.6. The molecule has 3 rings (SSSR count). The van der Waals surface area contributed by atoms with Crippen molar-refractivity contribution in [3.8, 4) is 5.75 Å². The van der Waals surface area contributed by atoms with Crippen molar-refractivity contribution in [1.29, 1.82) is 0 Å². The van der Waals surface area contributed by atoms with Crippen LogP contribution in [0.1, 0.15) is 43.9 Å². The Bertz CT molecular complexity index is 965. The normalized spacial score (nSPS) is 18.7. The van der Waals surface area contributed by atoms with Crippen LogP contribution in [-0.4, -0.2) is 33.8 Å². The molecule has 4 N–H and O–H groups in total. The van der Waals surface area contributed by atoms with Crippen molar-refractivity contribution in [2.75, 3.05) is 17.6 Å². The summed E-state index contributed by atoms with van der Waals surface area (Å²) in [5.74, 6) is -0.406. The fraction of sp³-hybridized carbons (Fsp3) is 0.524. The minimum absolute atomic E-state index is 0.0104. The summed E-state index contributed by atoms with van der Waals surface area (Å²) < 4.78 is 42.0. The Hall–Kier alpha value is -3.15. The van der Waals surface area contributed by atoms with Crippen molar-refractivity contribution in [3.63, 3.8) is 0 Å². The van der Waals surface area contributed by atoms with Crippen LogP contribution in [0.5, 0.6) is 5.75 Å². The SMILES string of the molecule is CCN[C@H]1CC[C@H](Cc2nc(NCc3ccccc3OC(F)(F)F)nc(N)c2[N+](=O)[O-])CC1. The maximum absolute atomic E-state index is 12.6.